The highest BCUT2D eigenvalue weighted by Crippen LogP contribution is 2.63. The number of nitrogens with two attached hydrogens (primary N) is 2. The number of imidazole rings is 2. The quantitative estimate of drug-likeness (QED) is 0.0488. The van der Waals surface area contributed by atoms with Gasteiger partial charge in [0.2, 0.25) is 17.7 Å². The van der Waals surface area contributed by atoms with Gasteiger partial charge in [0.15, 0.2) is 23.7 Å². The van der Waals surface area contributed by atoms with Crippen molar-refractivity contribution in [3.05, 3.63) is 33.4 Å². The zero-order valence-corrected chi connectivity index (χ0v) is 28.6. The van der Waals surface area contributed by atoms with Crippen molar-refractivity contribution in [3.63, 3.8) is 0 Å². The Hall–Kier alpha value is -3.53. The fourth-order valence-corrected chi connectivity index (χ4v) is 8.80. The molecule has 0 aliphatic carbocycles. The first-order valence-electron chi connectivity index (χ1n) is 14.3. The molecule has 0 amide bonds. The molecule has 2 saturated heterocycles. The van der Waals surface area contributed by atoms with Crippen LogP contribution >= 0.6 is 23.5 Å². The number of phosphoric ester groups is 2. The lowest BCUT2D eigenvalue weighted by Crippen LogP contribution is -2.46. The average molecular weight is 800 g/mol. The Morgan fingerprint density at radius 3 is 2.06 bits per heavy atom. The number of aryl methyl sites for hydroxylation is 1. The zero-order valence-electron chi connectivity index (χ0n) is 25.9. The Balaban J connectivity index is 1.05. The van der Waals surface area contributed by atoms with Gasteiger partial charge in [-0.2, -0.15) is 4.98 Å². The van der Waals surface area contributed by atoms with Crippen molar-refractivity contribution in [1.29, 1.82) is 0 Å². The topological polar surface area (TPSA) is 427 Å². The number of fused-ring (bicyclic) bond motifs is 2. The van der Waals surface area contributed by atoms with Gasteiger partial charge in [0, 0.05) is 0 Å². The monoisotopic (exact) mass is 800 g/mol. The highest BCUT2D eigenvalue weighted by molar-refractivity contribution is 7.65. The summed E-state index contributed by atoms with van der Waals surface area (Å²) in [6.07, 6.45) is -11.5. The summed E-state index contributed by atoms with van der Waals surface area (Å²) in [6, 6.07) is 0. The SMILES string of the molecule is Cn1c[n+]([C@@H]2O[C@H](COP(=O)([O-])OP(=O)([O-])OP(=O)([O-])OC[C@H]3O[C@@H](n4cnc5c(=O)[nH]c(N)nc54)[C@H](O)[C@@H]3O)[C@@H](O)[C@H]2O)c2nc(N)[nH]c(=O)c21. The van der Waals surface area contributed by atoms with Crippen LogP contribution in [-0.2, 0) is 47.9 Å². The molecule has 2 aliphatic heterocycles. The number of ether oxygens (including phenoxy) is 2. The van der Waals surface area contributed by atoms with Crippen LogP contribution in [-0.4, -0.2) is 104 Å². The molecular formula is C21H27N10O18P3-2. The van der Waals surface area contributed by atoms with E-state index in [1.807, 2.05) is 0 Å². The van der Waals surface area contributed by atoms with Gasteiger partial charge in [0.05, 0.1) is 26.6 Å². The Kier molecular flexibility index (Phi) is 10.1. The van der Waals surface area contributed by atoms with Crippen molar-refractivity contribution in [3.8, 4) is 0 Å². The molecule has 2 aliphatic rings. The van der Waals surface area contributed by atoms with Gasteiger partial charge in [-0.25, -0.2) is 18.2 Å². The molecule has 0 spiro atoms. The van der Waals surface area contributed by atoms with E-state index in [1.165, 1.54) is 17.9 Å². The van der Waals surface area contributed by atoms with Crippen LogP contribution in [0.1, 0.15) is 12.5 Å². The van der Waals surface area contributed by atoms with Crippen LogP contribution in [0.4, 0.5) is 11.9 Å². The van der Waals surface area contributed by atoms with Crippen LogP contribution in [0, 0.1) is 0 Å². The molecule has 6 rings (SSSR count). The standard InChI is InChI=1S/C21H29N10O18P3/c1-29-5-31(15-9(29)17(37)28-21(23)26-15)19-13(35)11(33)7(47-19)3-45-51(40,41)49-52(42,43)48-50(38,39)44-2-6-10(32)12(34)18(46-6)30-4-24-8-14(30)25-20(22)27-16(8)36/h4-7,10-13,18-19,32-35H,2-3H2,1H3,(H8-,22,23,25,26,27,28,36,37,38,39,40,41,42,43)/p-2/t6-,7-,10-,11-,12-,13-,18-,19-/m1/s1. The van der Waals surface area contributed by atoms with Gasteiger partial charge in [-0.1, -0.05) is 4.98 Å². The fraction of sp³-hybridized carbons (Fsp3) is 0.524. The maximum Gasteiger partial charge on any atom is 0.313 e. The summed E-state index contributed by atoms with van der Waals surface area (Å²) in [4.78, 5) is 77.3. The summed E-state index contributed by atoms with van der Waals surface area (Å²) in [6.45, 7) is -2.39. The molecule has 52 heavy (non-hydrogen) atoms. The van der Waals surface area contributed by atoms with Gasteiger partial charge in [-0.05, 0) is 0 Å². The number of anilines is 2. The summed E-state index contributed by atoms with van der Waals surface area (Å²) in [7, 11) is -17.0. The molecular weight excluding hydrogens is 773 g/mol. The number of nitrogens with zero attached hydrogens (tertiary/aromatic N) is 6. The first kappa shape index (κ1) is 38.2. The van der Waals surface area contributed by atoms with E-state index in [9.17, 15) is 58.4 Å². The molecule has 4 aromatic heterocycles. The summed E-state index contributed by atoms with van der Waals surface area (Å²) >= 11 is 0. The number of phosphoric acid groups is 3. The zero-order chi connectivity index (χ0) is 38.1. The molecule has 286 valence electrons. The number of hydrogen-bond donors (Lipinski definition) is 8. The molecule has 10 N–H and O–H groups in total. The molecule has 11 atom stereocenters. The Bertz CT molecular complexity index is 2280. The molecule has 0 saturated carbocycles. The van der Waals surface area contributed by atoms with Crippen LogP contribution in [0.3, 0.4) is 0 Å². The third kappa shape index (κ3) is 7.46. The molecule has 4 aromatic rings. The molecule has 3 unspecified atom stereocenters. The molecule has 0 radical (unpaired) electrons. The van der Waals surface area contributed by atoms with Gasteiger partial charge in [-0.3, -0.25) is 42.4 Å². The largest absolute Gasteiger partial charge is 0.756 e. The van der Waals surface area contributed by atoms with E-state index in [1.54, 1.807) is 0 Å². The lowest BCUT2D eigenvalue weighted by atomic mass is 10.1. The summed E-state index contributed by atoms with van der Waals surface area (Å²) in [5.74, 6) is -0.627. The average Bonchev–Trinajstić information content (AvgIpc) is 3.74. The lowest BCUT2D eigenvalue weighted by Gasteiger charge is -2.34. The van der Waals surface area contributed by atoms with Gasteiger partial charge in [-0.15, -0.1) is 0 Å². The maximum atomic E-state index is 12.3. The maximum absolute atomic E-state index is 12.3. The van der Waals surface area contributed by atoms with Crippen LogP contribution in [0.5, 0.6) is 0 Å². The van der Waals surface area contributed by atoms with Crippen molar-refractivity contribution in [1.82, 2.24) is 34.1 Å². The number of rotatable bonds is 12. The van der Waals surface area contributed by atoms with Crippen molar-refractivity contribution < 1.29 is 80.5 Å². The van der Waals surface area contributed by atoms with E-state index in [2.05, 4.69) is 42.6 Å². The third-order valence-corrected chi connectivity index (χ3v) is 11.8. The van der Waals surface area contributed by atoms with E-state index < -0.39 is 96.9 Å². The van der Waals surface area contributed by atoms with Crippen molar-refractivity contribution in [2.45, 2.75) is 49.1 Å². The van der Waals surface area contributed by atoms with Gasteiger partial charge < -0.3 is 65.1 Å². The number of aromatic nitrogens is 8. The second kappa shape index (κ2) is 13.7. The second-order valence-corrected chi connectivity index (χ2v) is 15.7. The molecule has 0 aromatic carbocycles. The minimum atomic E-state index is -6.38. The van der Waals surface area contributed by atoms with Gasteiger partial charge in [0.25, 0.3) is 40.5 Å². The molecule has 31 heteroatoms. The van der Waals surface area contributed by atoms with E-state index >= 15 is 0 Å². The first-order chi connectivity index (χ1) is 24.2. The number of H-pyrrole nitrogens is 2. The highest BCUT2D eigenvalue weighted by atomic mass is 31.3. The number of aromatic amines is 2. The number of nitrogens with one attached hydrogen (secondary N) is 2. The first-order valence-corrected chi connectivity index (χ1v) is 18.7. The smallest absolute Gasteiger partial charge is 0.313 e. The molecule has 2 fully saturated rings. The van der Waals surface area contributed by atoms with Crippen LogP contribution in [0.2, 0.25) is 0 Å². The Labute approximate surface area is 286 Å². The Morgan fingerprint density at radius 2 is 1.42 bits per heavy atom. The van der Waals surface area contributed by atoms with E-state index in [4.69, 9.17) is 20.9 Å². The molecule has 6 heterocycles. The van der Waals surface area contributed by atoms with Crippen LogP contribution in [0.25, 0.3) is 22.3 Å². The Morgan fingerprint density at radius 1 is 0.865 bits per heavy atom. The van der Waals surface area contributed by atoms with Crippen molar-refractivity contribution in [2.75, 3.05) is 24.7 Å². The van der Waals surface area contributed by atoms with Gasteiger partial charge >= 0.3 is 5.65 Å². The van der Waals surface area contributed by atoms with Crippen LogP contribution in [0.15, 0.2) is 22.2 Å². The predicted octanol–water partition coefficient (Wildman–Crippen LogP) is -6.44. The number of nitrogen functional groups attached to an aromatic ring is 2. The van der Waals surface area contributed by atoms with Crippen LogP contribution < -0.4 is 41.8 Å². The molecule has 28 nitrogen and oxygen atoms in total. The highest BCUT2D eigenvalue weighted by Gasteiger charge is 2.48. The van der Waals surface area contributed by atoms with Crippen molar-refractivity contribution in [2.24, 2.45) is 7.05 Å². The van der Waals surface area contributed by atoms with E-state index in [0.29, 0.717) is 0 Å². The lowest BCUT2D eigenvalue weighted by molar-refractivity contribution is -0.745. The molecule has 0 bridgehead atoms. The van der Waals surface area contributed by atoms with E-state index in [-0.39, 0.29) is 34.2 Å². The van der Waals surface area contributed by atoms with E-state index in [0.717, 1.165) is 15.5 Å². The normalized spacial score (nSPS) is 30.1. The number of hydrogen-bond acceptors (Lipinski definition) is 23. The van der Waals surface area contributed by atoms with Gasteiger partial charge in [0.1, 0.15) is 36.6 Å². The predicted molar refractivity (Wildman–Crippen MR) is 157 cm³/mol. The minimum absolute atomic E-state index is 0.0122. The summed E-state index contributed by atoms with van der Waals surface area (Å²) in [5.41, 5.74) is 9.21. The number of aliphatic hydroxyl groups is 4. The number of aliphatic hydroxyl groups excluding tert-OH is 4. The summed E-state index contributed by atoms with van der Waals surface area (Å²) in [5, 5.41) is 41.9. The van der Waals surface area contributed by atoms with Crippen molar-refractivity contribution >= 4 is 57.7 Å². The second-order valence-electron chi connectivity index (χ2n) is 11.2. The third-order valence-electron chi connectivity index (χ3n) is 7.66. The minimum Gasteiger partial charge on any atom is -0.756 e. The summed E-state index contributed by atoms with van der Waals surface area (Å²) < 4.78 is 67.5. The fourth-order valence-electron chi connectivity index (χ4n) is 5.41.